The summed E-state index contributed by atoms with van der Waals surface area (Å²) < 4.78 is 16.6. The topological polar surface area (TPSA) is 40.0 Å². The van der Waals surface area contributed by atoms with Crippen molar-refractivity contribution in [2.24, 2.45) is 4.99 Å². The van der Waals surface area contributed by atoms with Crippen molar-refractivity contribution in [3.63, 3.8) is 0 Å². The lowest BCUT2D eigenvalue weighted by Crippen LogP contribution is -2.20. The minimum Gasteiger partial charge on any atom is -0.493 e. The number of rotatable bonds is 5. The van der Waals surface area contributed by atoms with Gasteiger partial charge < -0.3 is 14.2 Å². The van der Waals surface area contributed by atoms with E-state index in [0.717, 1.165) is 41.5 Å². The van der Waals surface area contributed by atoms with Crippen LogP contribution in [0.15, 0.2) is 47.5 Å². The Hall–Kier alpha value is -2.49. The predicted octanol–water partition coefficient (Wildman–Crippen LogP) is 3.13. The van der Waals surface area contributed by atoms with Crippen LogP contribution in [0, 0.1) is 0 Å². The van der Waals surface area contributed by atoms with Crippen molar-refractivity contribution < 1.29 is 14.2 Å². The first-order chi connectivity index (χ1) is 10.8. The fourth-order valence-electron chi connectivity index (χ4n) is 2.58. The minimum atomic E-state index is 0.451. The fraction of sp³-hybridized carbons (Fsp3) is 0.278. The lowest BCUT2D eigenvalue weighted by atomic mass is 9.97. The first-order valence-electron chi connectivity index (χ1n) is 7.28. The molecule has 0 radical (unpaired) electrons. The van der Waals surface area contributed by atoms with E-state index in [1.165, 1.54) is 5.56 Å². The second-order valence-corrected chi connectivity index (χ2v) is 5.04. The number of para-hydroxylation sites is 1. The van der Waals surface area contributed by atoms with E-state index in [1.54, 1.807) is 14.2 Å². The molecule has 0 aliphatic carbocycles. The van der Waals surface area contributed by atoms with Crippen molar-refractivity contribution >= 4 is 5.71 Å². The number of methoxy groups -OCH3 is 2. The Morgan fingerprint density at radius 3 is 2.45 bits per heavy atom. The van der Waals surface area contributed by atoms with Crippen molar-refractivity contribution in [1.29, 1.82) is 0 Å². The lowest BCUT2D eigenvalue weighted by molar-refractivity contribution is 0.354. The maximum Gasteiger partial charge on any atom is 0.161 e. The molecule has 0 fully saturated rings. The van der Waals surface area contributed by atoms with Crippen molar-refractivity contribution in [3.05, 3.63) is 53.6 Å². The number of benzene rings is 2. The van der Waals surface area contributed by atoms with E-state index >= 15 is 0 Å². The fourth-order valence-corrected chi connectivity index (χ4v) is 2.58. The molecule has 0 aromatic heterocycles. The predicted molar refractivity (Wildman–Crippen MR) is 86.6 cm³/mol. The van der Waals surface area contributed by atoms with Crippen LogP contribution < -0.4 is 14.2 Å². The van der Waals surface area contributed by atoms with Crippen LogP contribution in [0.2, 0.25) is 0 Å². The number of aliphatic imine (C=N–C) groups is 1. The van der Waals surface area contributed by atoms with Crippen LogP contribution in [-0.4, -0.2) is 33.1 Å². The van der Waals surface area contributed by atoms with Crippen molar-refractivity contribution in [2.75, 3.05) is 27.4 Å². The van der Waals surface area contributed by atoms with E-state index in [2.05, 4.69) is 4.99 Å². The van der Waals surface area contributed by atoms with Gasteiger partial charge in [0.25, 0.3) is 0 Å². The van der Waals surface area contributed by atoms with E-state index in [9.17, 15) is 0 Å². The van der Waals surface area contributed by atoms with Crippen molar-refractivity contribution in [3.8, 4) is 17.2 Å². The van der Waals surface area contributed by atoms with Crippen LogP contribution in [0.25, 0.3) is 0 Å². The molecule has 2 aromatic carbocycles. The number of nitrogens with zero attached hydrogens (tertiary/aromatic N) is 1. The highest BCUT2D eigenvalue weighted by atomic mass is 16.5. The van der Waals surface area contributed by atoms with E-state index in [-0.39, 0.29) is 0 Å². The Bertz CT molecular complexity index is 680. The van der Waals surface area contributed by atoms with Gasteiger partial charge in [-0.1, -0.05) is 18.2 Å². The molecule has 0 saturated carbocycles. The van der Waals surface area contributed by atoms with E-state index in [1.807, 2.05) is 42.5 Å². The summed E-state index contributed by atoms with van der Waals surface area (Å²) in [7, 11) is 3.30. The first-order valence-corrected chi connectivity index (χ1v) is 7.28. The van der Waals surface area contributed by atoms with Crippen LogP contribution in [0.3, 0.4) is 0 Å². The molecule has 114 valence electrons. The molecule has 22 heavy (non-hydrogen) atoms. The van der Waals surface area contributed by atoms with Gasteiger partial charge in [-0.05, 0) is 36.2 Å². The van der Waals surface area contributed by atoms with E-state index < -0.39 is 0 Å². The molecule has 1 aliphatic heterocycles. The Morgan fingerprint density at radius 2 is 1.73 bits per heavy atom. The molecule has 0 spiro atoms. The molecule has 2 aromatic rings. The molecule has 4 nitrogen and oxygen atoms in total. The molecule has 1 aliphatic rings. The molecule has 0 amide bonds. The summed E-state index contributed by atoms with van der Waals surface area (Å²) in [6, 6.07) is 13.8. The summed E-state index contributed by atoms with van der Waals surface area (Å²) in [6.45, 7) is 1.22. The lowest BCUT2D eigenvalue weighted by Gasteiger charge is -2.20. The normalized spacial score (nSPS) is 13.1. The molecule has 0 N–H and O–H groups in total. The SMILES string of the molecule is COc1cc2c(cc1OC)C(COc1ccccc1)=NCC2. The summed E-state index contributed by atoms with van der Waals surface area (Å²) in [4.78, 5) is 4.61. The molecule has 3 rings (SSSR count). The van der Waals surface area contributed by atoms with Gasteiger partial charge in [0.05, 0.1) is 19.9 Å². The Kier molecular flexibility index (Phi) is 4.28. The van der Waals surface area contributed by atoms with Gasteiger partial charge in [-0.15, -0.1) is 0 Å². The Labute approximate surface area is 130 Å². The molecule has 4 heteroatoms. The summed E-state index contributed by atoms with van der Waals surface area (Å²) in [5.74, 6) is 2.32. The molecule has 0 unspecified atom stereocenters. The van der Waals surface area contributed by atoms with Gasteiger partial charge in [0.1, 0.15) is 12.4 Å². The third-order valence-corrected chi connectivity index (χ3v) is 3.72. The average Bonchev–Trinajstić information content (AvgIpc) is 2.59. The van der Waals surface area contributed by atoms with Crippen LogP contribution in [0.5, 0.6) is 17.2 Å². The van der Waals surface area contributed by atoms with Crippen LogP contribution in [-0.2, 0) is 6.42 Å². The zero-order chi connectivity index (χ0) is 15.4. The average molecular weight is 297 g/mol. The maximum atomic E-state index is 5.83. The smallest absolute Gasteiger partial charge is 0.161 e. The third kappa shape index (κ3) is 2.91. The van der Waals surface area contributed by atoms with Gasteiger partial charge in [0, 0.05) is 12.1 Å². The van der Waals surface area contributed by atoms with Crippen molar-refractivity contribution in [1.82, 2.24) is 0 Å². The molecular weight excluding hydrogens is 278 g/mol. The first kappa shape index (κ1) is 14.4. The third-order valence-electron chi connectivity index (χ3n) is 3.72. The van der Waals surface area contributed by atoms with Gasteiger partial charge >= 0.3 is 0 Å². The van der Waals surface area contributed by atoms with Gasteiger partial charge in [0.15, 0.2) is 11.5 Å². The molecular formula is C18H19NO3. The second-order valence-electron chi connectivity index (χ2n) is 5.04. The summed E-state index contributed by atoms with van der Waals surface area (Å²) in [5, 5.41) is 0. The summed E-state index contributed by atoms with van der Waals surface area (Å²) in [5.41, 5.74) is 3.25. The zero-order valence-electron chi connectivity index (χ0n) is 12.8. The largest absolute Gasteiger partial charge is 0.493 e. The van der Waals surface area contributed by atoms with Crippen LogP contribution >= 0.6 is 0 Å². The van der Waals surface area contributed by atoms with Crippen molar-refractivity contribution in [2.45, 2.75) is 6.42 Å². The Morgan fingerprint density at radius 1 is 1.00 bits per heavy atom. The quantitative estimate of drug-likeness (QED) is 0.851. The highest BCUT2D eigenvalue weighted by molar-refractivity contribution is 6.04. The van der Waals surface area contributed by atoms with Gasteiger partial charge in [-0.3, -0.25) is 4.99 Å². The van der Waals surface area contributed by atoms with Crippen LogP contribution in [0.4, 0.5) is 0 Å². The molecule has 0 bridgehead atoms. The summed E-state index contributed by atoms with van der Waals surface area (Å²) in [6.07, 6.45) is 0.907. The zero-order valence-corrected chi connectivity index (χ0v) is 12.8. The van der Waals surface area contributed by atoms with E-state index in [0.29, 0.717) is 6.61 Å². The molecule has 0 saturated heterocycles. The van der Waals surface area contributed by atoms with Gasteiger partial charge in [-0.25, -0.2) is 0 Å². The number of hydrogen-bond acceptors (Lipinski definition) is 4. The summed E-state index contributed by atoms with van der Waals surface area (Å²) >= 11 is 0. The number of fused-ring (bicyclic) bond motifs is 1. The Balaban J connectivity index is 1.84. The number of hydrogen-bond donors (Lipinski definition) is 0. The highest BCUT2D eigenvalue weighted by Crippen LogP contribution is 2.32. The number of ether oxygens (including phenoxy) is 3. The monoisotopic (exact) mass is 297 g/mol. The maximum absolute atomic E-state index is 5.83. The van der Waals surface area contributed by atoms with Gasteiger partial charge in [-0.2, -0.15) is 0 Å². The minimum absolute atomic E-state index is 0.451. The standard InChI is InChI=1S/C18H19NO3/c1-20-17-10-13-8-9-19-16(15(13)11-18(17)21-2)12-22-14-6-4-3-5-7-14/h3-7,10-11H,8-9,12H2,1-2H3. The molecule has 1 heterocycles. The van der Waals surface area contributed by atoms with Gasteiger partial charge in [0.2, 0.25) is 0 Å². The van der Waals surface area contributed by atoms with E-state index in [4.69, 9.17) is 14.2 Å². The highest BCUT2D eigenvalue weighted by Gasteiger charge is 2.18. The second kappa shape index (κ2) is 6.52. The van der Waals surface area contributed by atoms with Crippen LogP contribution in [0.1, 0.15) is 11.1 Å². The molecule has 0 atom stereocenters.